The van der Waals surface area contributed by atoms with Gasteiger partial charge in [0.2, 0.25) is 0 Å². The fourth-order valence-corrected chi connectivity index (χ4v) is 6.12. The van der Waals surface area contributed by atoms with Crippen LogP contribution in [0.1, 0.15) is 34.0 Å². The van der Waals surface area contributed by atoms with E-state index in [4.69, 9.17) is 4.52 Å². The zero-order chi connectivity index (χ0) is 16.3. The second kappa shape index (κ2) is 6.87. The van der Waals surface area contributed by atoms with Gasteiger partial charge in [-0.2, -0.15) is 0 Å². The predicted octanol–water partition coefficient (Wildman–Crippen LogP) is 4.97. The van der Waals surface area contributed by atoms with Crippen molar-refractivity contribution in [2.75, 3.05) is 6.61 Å². The normalized spacial score (nSPS) is 14.0. The van der Waals surface area contributed by atoms with Crippen LogP contribution >= 0.6 is 15.6 Å². The van der Waals surface area contributed by atoms with Crippen LogP contribution in [0.5, 0.6) is 0 Å². The SMILES string of the molecule is CCOP(=O)(C(=O)c1c(C)cc(C)cc1C)c1ccccp1. The molecule has 1 unspecified atom stereocenters. The van der Waals surface area contributed by atoms with E-state index in [-0.39, 0.29) is 6.61 Å². The van der Waals surface area contributed by atoms with Gasteiger partial charge < -0.3 is 4.52 Å². The Morgan fingerprint density at radius 1 is 1.18 bits per heavy atom. The Hall–Kier alpha value is -1.27. The summed E-state index contributed by atoms with van der Waals surface area (Å²) in [7, 11) is -2.79. The van der Waals surface area contributed by atoms with Crippen LogP contribution in [0.3, 0.4) is 0 Å². The summed E-state index contributed by atoms with van der Waals surface area (Å²) in [5.74, 6) is 1.86. The molecule has 1 atom stereocenters. The Morgan fingerprint density at radius 2 is 1.82 bits per heavy atom. The monoisotopic (exact) mass is 334 g/mol. The minimum absolute atomic E-state index is 0.240. The van der Waals surface area contributed by atoms with Gasteiger partial charge >= 0.3 is 7.37 Å². The average molecular weight is 334 g/mol. The molecule has 5 heteroatoms. The van der Waals surface area contributed by atoms with E-state index >= 15 is 0 Å². The lowest BCUT2D eigenvalue weighted by Crippen LogP contribution is -2.15. The van der Waals surface area contributed by atoms with Crippen LogP contribution in [0.2, 0.25) is 0 Å². The van der Waals surface area contributed by atoms with Crippen molar-refractivity contribution >= 4 is 26.1 Å². The number of hydrogen-bond acceptors (Lipinski definition) is 3. The zero-order valence-corrected chi connectivity index (χ0v) is 15.1. The first-order valence-electron chi connectivity index (χ1n) is 7.19. The molecule has 0 spiro atoms. The molecule has 1 aromatic heterocycles. The maximum Gasteiger partial charge on any atom is 0.305 e. The fourth-order valence-electron chi connectivity index (χ4n) is 2.60. The minimum Gasteiger partial charge on any atom is -0.320 e. The molecule has 0 saturated heterocycles. The standard InChI is InChI=1S/C17H20O3P2/c1-5-20-22(19,15-8-6-7-9-21-15)17(18)16-13(3)10-12(2)11-14(16)4/h6-11H,5H2,1-4H3. The quantitative estimate of drug-likeness (QED) is 0.725. The maximum absolute atomic E-state index is 13.4. The van der Waals surface area contributed by atoms with Crippen LogP contribution in [-0.2, 0) is 9.09 Å². The van der Waals surface area contributed by atoms with E-state index in [1.54, 1.807) is 19.1 Å². The molecule has 1 aromatic carbocycles. The van der Waals surface area contributed by atoms with Crippen LogP contribution in [-0.4, -0.2) is 12.1 Å². The highest BCUT2D eigenvalue weighted by atomic mass is 31.2. The summed E-state index contributed by atoms with van der Waals surface area (Å²) in [6.45, 7) is 7.74. The van der Waals surface area contributed by atoms with Crippen LogP contribution in [0.4, 0.5) is 0 Å². The number of aryl methyl sites for hydroxylation is 3. The molecule has 3 nitrogen and oxygen atoms in total. The van der Waals surface area contributed by atoms with E-state index in [0.29, 0.717) is 10.6 Å². The molecular weight excluding hydrogens is 314 g/mol. The summed E-state index contributed by atoms with van der Waals surface area (Å²) in [6.07, 6.45) is 0. The third-order valence-electron chi connectivity index (χ3n) is 3.42. The highest BCUT2D eigenvalue weighted by Gasteiger charge is 2.37. The van der Waals surface area contributed by atoms with Gasteiger partial charge in [0, 0.05) is 5.56 Å². The lowest BCUT2D eigenvalue weighted by atomic mass is 10.0. The Morgan fingerprint density at radius 3 is 2.32 bits per heavy atom. The van der Waals surface area contributed by atoms with Crippen LogP contribution in [0.15, 0.2) is 36.1 Å². The highest BCUT2D eigenvalue weighted by Crippen LogP contribution is 2.51. The van der Waals surface area contributed by atoms with Crippen LogP contribution in [0, 0.1) is 20.8 Å². The van der Waals surface area contributed by atoms with E-state index in [1.807, 2.05) is 44.8 Å². The minimum atomic E-state index is -3.55. The van der Waals surface area contributed by atoms with Crippen molar-refractivity contribution in [1.82, 2.24) is 0 Å². The first-order chi connectivity index (χ1) is 10.4. The van der Waals surface area contributed by atoms with Crippen LogP contribution in [0.25, 0.3) is 0 Å². The Kier molecular flexibility index (Phi) is 5.34. The third-order valence-corrected chi connectivity index (χ3v) is 7.42. The van der Waals surface area contributed by atoms with Gasteiger partial charge in [-0.15, -0.1) is 0 Å². The van der Waals surface area contributed by atoms with Crippen molar-refractivity contribution in [3.8, 4) is 0 Å². The van der Waals surface area contributed by atoms with Gasteiger partial charge in [-0.05, 0) is 50.7 Å². The topological polar surface area (TPSA) is 43.4 Å². The third kappa shape index (κ3) is 3.22. The van der Waals surface area contributed by atoms with Gasteiger partial charge in [0.1, 0.15) is 0 Å². The van der Waals surface area contributed by atoms with E-state index in [9.17, 15) is 9.36 Å². The molecule has 116 valence electrons. The first-order valence-corrected chi connectivity index (χ1v) is 9.78. The molecule has 0 N–H and O–H groups in total. The smallest absolute Gasteiger partial charge is 0.305 e. The van der Waals surface area contributed by atoms with Crippen molar-refractivity contribution < 1.29 is 13.9 Å². The zero-order valence-electron chi connectivity index (χ0n) is 13.3. The van der Waals surface area contributed by atoms with Gasteiger partial charge in [-0.3, -0.25) is 9.36 Å². The second-order valence-electron chi connectivity index (χ2n) is 5.24. The number of hydrogen-bond donors (Lipinski definition) is 0. The highest BCUT2D eigenvalue weighted by molar-refractivity contribution is 7.88. The summed E-state index contributed by atoms with van der Waals surface area (Å²) in [4.78, 5) is 13.0. The van der Waals surface area contributed by atoms with Gasteiger partial charge in [0.05, 0.1) is 11.6 Å². The predicted molar refractivity (Wildman–Crippen MR) is 92.8 cm³/mol. The molecule has 2 rings (SSSR count). The maximum atomic E-state index is 13.4. The van der Waals surface area contributed by atoms with E-state index in [0.717, 1.165) is 24.9 Å². The Labute approximate surface area is 133 Å². The Bertz CT molecular complexity index is 716. The van der Waals surface area contributed by atoms with E-state index < -0.39 is 12.9 Å². The number of carbonyl (C=O) groups is 1. The molecule has 0 bridgehead atoms. The summed E-state index contributed by atoms with van der Waals surface area (Å²) in [6, 6.07) is 9.27. The average Bonchev–Trinajstić information content (AvgIpc) is 2.47. The number of rotatable bonds is 5. The van der Waals surface area contributed by atoms with Gasteiger partial charge in [0.25, 0.3) is 5.52 Å². The second-order valence-corrected chi connectivity index (χ2v) is 8.88. The molecule has 1 heterocycles. The molecule has 0 aliphatic rings. The molecule has 0 aliphatic heterocycles. The summed E-state index contributed by atoms with van der Waals surface area (Å²) in [5, 5.41) is 0.543. The van der Waals surface area contributed by atoms with E-state index in [2.05, 4.69) is 0 Å². The molecule has 0 amide bonds. The summed E-state index contributed by atoms with van der Waals surface area (Å²) < 4.78 is 18.9. The number of carbonyl (C=O) groups excluding carboxylic acids is 1. The van der Waals surface area contributed by atoms with Crippen molar-refractivity contribution in [1.29, 1.82) is 0 Å². The fraction of sp³-hybridized carbons (Fsp3) is 0.294. The molecule has 0 radical (unpaired) electrons. The lowest BCUT2D eigenvalue weighted by Gasteiger charge is -2.19. The summed E-state index contributed by atoms with van der Waals surface area (Å²) in [5.41, 5.74) is 2.90. The lowest BCUT2D eigenvalue weighted by molar-refractivity contribution is 0.105. The van der Waals surface area contributed by atoms with Crippen molar-refractivity contribution in [3.05, 3.63) is 58.4 Å². The largest absolute Gasteiger partial charge is 0.320 e. The molecule has 0 fully saturated rings. The first kappa shape index (κ1) is 17.1. The van der Waals surface area contributed by atoms with Gasteiger partial charge in [-0.25, -0.2) is 0 Å². The Balaban J connectivity index is 2.60. The molecule has 22 heavy (non-hydrogen) atoms. The van der Waals surface area contributed by atoms with Crippen LogP contribution < -0.4 is 5.04 Å². The van der Waals surface area contributed by atoms with Crippen molar-refractivity contribution in [2.45, 2.75) is 27.7 Å². The number of benzene rings is 1. The van der Waals surface area contributed by atoms with Crippen molar-refractivity contribution in [2.24, 2.45) is 0 Å². The molecule has 0 saturated carbocycles. The van der Waals surface area contributed by atoms with Gasteiger partial charge in [-0.1, -0.05) is 38.0 Å². The molecular formula is C17H20O3P2. The van der Waals surface area contributed by atoms with E-state index in [1.165, 1.54) is 0 Å². The molecule has 0 aliphatic carbocycles. The van der Waals surface area contributed by atoms with Gasteiger partial charge in [0.15, 0.2) is 0 Å². The summed E-state index contributed by atoms with van der Waals surface area (Å²) >= 11 is 0. The molecule has 2 aromatic rings. The van der Waals surface area contributed by atoms with Crippen molar-refractivity contribution in [3.63, 3.8) is 0 Å².